The van der Waals surface area contributed by atoms with Gasteiger partial charge in [0, 0.05) is 44.3 Å². The fourth-order valence-electron chi connectivity index (χ4n) is 7.34. The smallest absolute Gasteiger partial charge is 0.207 e. The van der Waals surface area contributed by atoms with Crippen LogP contribution in [0.5, 0.6) is 0 Å². The van der Waals surface area contributed by atoms with Crippen LogP contribution in [0.3, 0.4) is 0 Å². The molecular formula is C45H28N4O2S. The molecular weight excluding hydrogens is 661 g/mol. The van der Waals surface area contributed by atoms with Gasteiger partial charge in [-0.25, -0.2) is 23.4 Å². The number of fused-ring (bicyclic) bond motifs is 6. The van der Waals surface area contributed by atoms with Gasteiger partial charge in [0.2, 0.25) is 9.84 Å². The van der Waals surface area contributed by atoms with Crippen molar-refractivity contribution in [2.45, 2.75) is 9.79 Å². The van der Waals surface area contributed by atoms with Gasteiger partial charge in [-0.15, -0.1) is 0 Å². The standard InChI is InChI=1S/C45H28N4O2S/c50-52(51)41-27-31(29-12-3-1-4-13-29)22-24-37(41)38-25-23-33(28-42(38)52)45-47-43(30-14-5-2-6-15-30)46-44(48-45)32-16-11-17-34(26-32)49-39-20-9-7-18-35(39)36-19-8-10-21-40(36)49/h1-28H. The van der Waals surface area contributed by atoms with E-state index in [0.717, 1.165) is 39.0 Å². The highest BCUT2D eigenvalue weighted by Gasteiger charge is 2.34. The first-order chi connectivity index (χ1) is 25.5. The largest absolute Gasteiger partial charge is 0.309 e. The third-order valence-electron chi connectivity index (χ3n) is 9.81. The van der Waals surface area contributed by atoms with Crippen LogP contribution in [-0.4, -0.2) is 27.9 Å². The van der Waals surface area contributed by atoms with Crippen LogP contribution in [0.2, 0.25) is 0 Å². The number of aromatic nitrogens is 4. The molecule has 0 saturated heterocycles. The van der Waals surface area contributed by atoms with Gasteiger partial charge in [-0.05, 0) is 47.5 Å². The van der Waals surface area contributed by atoms with E-state index in [4.69, 9.17) is 15.0 Å². The van der Waals surface area contributed by atoms with E-state index in [1.54, 1.807) is 12.1 Å². The fourth-order valence-corrected chi connectivity index (χ4v) is 9.07. The van der Waals surface area contributed by atoms with Crippen molar-refractivity contribution >= 4 is 31.6 Å². The van der Waals surface area contributed by atoms with E-state index in [1.165, 1.54) is 10.8 Å². The predicted octanol–water partition coefficient (Wildman–Crippen LogP) is 10.4. The van der Waals surface area contributed by atoms with Gasteiger partial charge >= 0.3 is 0 Å². The number of hydrogen-bond acceptors (Lipinski definition) is 5. The van der Waals surface area contributed by atoms with Gasteiger partial charge in [-0.3, -0.25) is 0 Å². The Hall–Kier alpha value is -6.70. The monoisotopic (exact) mass is 688 g/mol. The van der Waals surface area contributed by atoms with Crippen molar-refractivity contribution in [2.75, 3.05) is 0 Å². The molecule has 0 unspecified atom stereocenters. The third kappa shape index (κ3) is 4.78. The molecule has 0 amide bonds. The predicted molar refractivity (Wildman–Crippen MR) is 207 cm³/mol. The summed E-state index contributed by atoms with van der Waals surface area (Å²) >= 11 is 0. The molecule has 0 spiro atoms. The molecule has 6 nitrogen and oxygen atoms in total. The summed E-state index contributed by atoms with van der Waals surface area (Å²) in [5.41, 5.74) is 8.64. The molecule has 1 aliphatic rings. The molecule has 7 aromatic carbocycles. The maximum atomic E-state index is 14.1. The Morgan fingerprint density at radius 2 is 0.846 bits per heavy atom. The molecule has 0 radical (unpaired) electrons. The van der Waals surface area contributed by atoms with Crippen molar-refractivity contribution < 1.29 is 8.42 Å². The Balaban J connectivity index is 1.11. The quantitative estimate of drug-likeness (QED) is 0.180. The molecule has 3 heterocycles. The Labute approximate surface area is 300 Å². The van der Waals surface area contributed by atoms with Crippen LogP contribution in [-0.2, 0) is 9.84 Å². The molecule has 52 heavy (non-hydrogen) atoms. The van der Waals surface area contributed by atoms with Crippen molar-refractivity contribution in [1.82, 2.24) is 19.5 Å². The van der Waals surface area contributed by atoms with E-state index < -0.39 is 9.84 Å². The van der Waals surface area contributed by atoms with E-state index in [1.807, 2.05) is 97.1 Å². The summed E-state index contributed by atoms with van der Waals surface area (Å²) in [4.78, 5) is 15.4. The van der Waals surface area contributed by atoms with Gasteiger partial charge < -0.3 is 4.57 Å². The fraction of sp³-hybridized carbons (Fsp3) is 0. The van der Waals surface area contributed by atoms with Crippen LogP contribution in [0, 0.1) is 0 Å². The SMILES string of the molecule is O=S1(=O)c2cc(-c3ccccc3)ccc2-c2ccc(-c3nc(-c4ccccc4)nc(-c4cccc(-n5c6ccccc6c6ccccc65)c4)n3)cc21. The average molecular weight is 689 g/mol. The molecule has 2 aromatic heterocycles. The number of hydrogen-bond donors (Lipinski definition) is 0. The van der Waals surface area contributed by atoms with Crippen LogP contribution >= 0.6 is 0 Å². The molecule has 0 aliphatic carbocycles. The number of rotatable bonds is 5. The van der Waals surface area contributed by atoms with Crippen LogP contribution in [0.1, 0.15) is 0 Å². The maximum Gasteiger partial charge on any atom is 0.207 e. The second-order valence-electron chi connectivity index (χ2n) is 12.9. The molecule has 1 aliphatic heterocycles. The summed E-state index contributed by atoms with van der Waals surface area (Å²) in [6.07, 6.45) is 0. The van der Waals surface area contributed by atoms with E-state index >= 15 is 0 Å². The zero-order chi connectivity index (χ0) is 34.8. The Morgan fingerprint density at radius 3 is 1.46 bits per heavy atom. The molecule has 0 saturated carbocycles. The van der Waals surface area contributed by atoms with Crippen molar-refractivity contribution in [3.05, 3.63) is 170 Å². The van der Waals surface area contributed by atoms with E-state index in [9.17, 15) is 8.42 Å². The van der Waals surface area contributed by atoms with Gasteiger partial charge in [0.05, 0.1) is 20.8 Å². The van der Waals surface area contributed by atoms with E-state index in [0.29, 0.717) is 39.1 Å². The lowest BCUT2D eigenvalue weighted by atomic mass is 9.99. The lowest BCUT2D eigenvalue weighted by molar-refractivity contribution is 0.599. The van der Waals surface area contributed by atoms with Crippen LogP contribution in [0.25, 0.3) is 83.9 Å². The summed E-state index contributed by atoms with van der Waals surface area (Å²) < 4.78 is 30.5. The molecule has 0 bridgehead atoms. The molecule has 0 N–H and O–H groups in total. The topological polar surface area (TPSA) is 77.7 Å². The minimum atomic E-state index is -3.79. The van der Waals surface area contributed by atoms with Gasteiger partial charge in [-0.1, -0.05) is 133 Å². The number of benzene rings is 7. The number of para-hydroxylation sites is 2. The van der Waals surface area contributed by atoms with Gasteiger partial charge in [0.25, 0.3) is 0 Å². The van der Waals surface area contributed by atoms with Gasteiger partial charge in [0.1, 0.15) is 0 Å². The zero-order valence-corrected chi connectivity index (χ0v) is 28.5. The van der Waals surface area contributed by atoms with Gasteiger partial charge in [0.15, 0.2) is 17.5 Å². The molecule has 0 fully saturated rings. The van der Waals surface area contributed by atoms with Crippen molar-refractivity contribution in [3.63, 3.8) is 0 Å². The number of nitrogens with zero attached hydrogens (tertiary/aromatic N) is 4. The van der Waals surface area contributed by atoms with E-state index in [2.05, 4.69) is 65.2 Å². The summed E-state index contributed by atoms with van der Waals surface area (Å²) in [7, 11) is -3.79. The maximum absolute atomic E-state index is 14.1. The second kappa shape index (κ2) is 11.7. The van der Waals surface area contributed by atoms with Crippen molar-refractivity contribution in [3.8, 4) is 62.1 Å². The summed E-state index contributed by atoms with van der Waals surface area (Å²) in [6, 6.07) is 55.8. The van der Waals surface area contributed by atoms with Crippen LogP contribution in [0.4, 0.5) is 0 Å². The second-order valence-corrected chi connectivity index (χ2v) is 14.8. The minimum absolute atomic E-state index is 0.252. The Kier molecular flexibility index (Phi) is 6.78. The van der Waals surface area contributed by atoms with Crippen LogP contribution in [0.15, 0.2) is 180 Å². The van der Waals surface area contributed by atoms with E-state index in [-0.39, 0.29) is 4.90 Å². The Morgan fingerprint density at radius 1 is 0.385 bits per heavy atom. The highest BCUT2D eigenvalue weighted by molar-refractivity contribution is 7.92. The average Bonchev–Trinajstić information content (AvgIpc) is 3.66. The van der Waals surface area contributed by atoms with Crippen molar-refractivity contribution in [2.24, 2.45) is 0 Å². The normalized spacial score (nSPS) is 12.9. The highest BCUT2D eigenvalue weighted by atomic mass is 32.2. The van der Waals surface area contributed by atoms with Crippen molar-refractivity contribution in [1.29, 1.82) is 0 Å². The third-order valence-corrected chi connectivity index (χ3v) is 11.6. The summed E-state index contributed by atoms with van der Waals surface area (Å²) in [5.74, 6) is 1.39. The first kappa shape index (κ1) is 30.2. The molecule has 0 atom stereocenters. The lowest BCUT2D eigenvalue weighted by Crippen LogP contribution is -2.02. The van der Waals surface area contributed by atoms with Gasteiger partial charge in [-0.2, -0.15) is 0 Å². The first-order valence-corrected chi connectivity index (χ1v) is 18.5. The zero-order valence-electron chi connectivity index (χ0n) is 27.7. The summed E-state index contributed by atoms with van der Waals surface area (Å²) in [5, 5.41) is 2.37. The summed E-state index contributed by atoms with van der Waals surface area (Å²) in [6.45, 7) is 0. The lowest BCUT2D eigenvalue weighted by Gasteiger charge is -2.12. The number of sulfone groups is 1. The molecule has 7 heteroatoms. The van der Waals surface area contributed by atoms with Crippen LogP contribution < -0.4 is 0 Å². The minimum Gasteiger partial charge on any atom is -0.309 e. The molecule has 246 valence electrons. The first-order valence-electron chi connectivity index (χ1n) is 17.0. The molecule has 10 rings (SSSR count). The highest BCUT2D eigenvalue weighted by Crippen LogP contribution is 2.46. The molecule has 9 aromatic rings. The Bertz CT molecular complexity index is 2920.